The van der Waals surface area contributed by atoms with Crippen molar-refractivity contribution in [2.45, 2.75) is 52.1 Å². The number of aryl methyl sites for hydroxylation is 2. The van der Waals surface area contributed by atoms with Crippen LogP contribution in [0.3, 0.4) is 0 Å². The first-order valence-electron chi connectivity index (χ1n) is 6.10. The molecule has 90 valence electrons. The third kappa shape index (κ3) is 1.94. The fourth-order valence-corrected chi connectivity index (χ4v) is 2.93. The number of aliphatic hydroxyl groups is 1. The van der Waals surface area contributed by atoms with E-state index in [9.17, 15) is 10.4 Å². The third-order valence-corrected chi connectivity index (χ3v) is 3.65. The topological polar surface area (TPSA) is 56.9 Å². The van der Waals surface area contributed by atoms with E-state index >= 15 is 0 Å². The normalized spacial score (nSPS) is 23.7. The van der Waals surface area contributed by atoms with Gasteiger partial charge in [-0.15, -0.1) is 0 Å². The fourth-order valence-electron chi connectivity index (χ4n) is 2.93. The van der Waals surface area contributed by atoms with Crippen LogP contribution in [0.2, 0.25) is 0 Å². The van der Waals surface area contributed by atoms with Gasteiger partial charge in [0.25, 0.3) is 0 Å². The first kappa shape index (κ1) is 12.1. The molecule has 17 heavy (non-hydrogen) atoms. The van der Waals surface area contributed by atoms with E-state index in [-0.39, 0.29) is 0 Å². The number of rotatable bonds is 0. The highest BCUT2D eigenvalue weighted by molar-refractivity contribution is 5.49. The number of hydrogen-bond donors (Lipinski definition) is 1. The quantitative estimate of drug-likeness (QED) is 0.697. The molecule has 0 aliphatic heterocycles. The number of fused-ring (bicyclic) bond motifs is 1. The van der Waals surface area contributed by atoms with E-state index in [2.05, 4.69) is 11.1 Å². The van der Waals surface area contributed by atoms with Gasteiger partial charge in [-0.1, -0.05) is 0 Å². The maximum Gasteiger partial charge on any atom is 0.101 e. The lowest BCUT2D eigenvalue weighted by molar-refractivity contribution is 0.0462. The highest BCUT2D eigenvalue weighted by Gasteiger charge is 2.32. The molecule has 0 aromatic carbocycles. The van der Waals surface area contributed by atoms with Crippen molar-refractivity contribution in [2.24, 2.45) is 0 Å². The molecule has 1 N–H and O–H groups in total. The number of nitrogens with zero attached hydrogens (tertiary/aromatic N) is 2. The second kappa shape index (κ2) is 4.12. The van der Waals surface area contributed by atoms with Gasteiger partial charge in [-0.05, 0) is 52.0 Å². The summed E-state index contributed by atoms with van der Waals surface area (Å²) in [6.07, 6.45) is 3.64. The standard InChI is InChI=1S/C14H18N2O/c1-9-12(8-15)11-6-4-5-7-14(3,17)13(11)10(2)16-9/h17H,4-7H2,1-3H3. The SMILES string of the molecule is Cc1nc(C)c2c(c1C#N)CCCCC2(C)O. The molecule has 1 atom stereocenters. The van der Waals surface area contributed by atoms with Gasteiger partial charge < -0.3 is 5.11 Å². The van der Waals surface area contributed by atoms with Crippen LogP contribution >= 0.6 is 0 Å². The molecule has 1 heterocycles. The van der Waals surface area contributed by atoms with Gasteiger partial charge in [0, 0.05) is 11.3 Å². The average Bonchev–Trinajstić information content (AvgIpc) is 2.37. The monoisotopic (exact) mass is 230 g/mol. The molecule has 0 spiro atoms. The van der Waals surface area contributed by atoms with Crippen LogP contribution in [0.15, 0.2) is 0 Å². The van der Waals surface area contributed by atoms with Crippen molar-refractivity contribution in [3.8, 4) is 6.07 Å². The molecule has 0 bridgehead atoms. The molecule has 1 aliphatic rings. The Balaban J connectivity index is 2.77. The zero-order valence-electron chi connectivity index (χ0n) is 10.7. The van der Waals surface area contributed by atoms with Crippen LogP contribution < -0.4 is 0 Å². The Bertz CT molecular complexity index is 498. The summed E-state index contributed by atoms with van der Waals surface area (Å²) in [4.78, 5) is 4.41. The van der Waals surface area contributed by atoms with Crippen LogP contribution in [0.1, 0.15) is 54.3 Å². The highest BCUT2D eigenvalue weighted by atomic mass is 16.3. The van der Waals surface area contributed by atoms with Gasteiger partial charge >= 0.3 is 0 Å². The Hall–Kier alpha value is -1.40. The van der Waals surface area contributed by atoms with Gasteiger partial charge in [0.1, 0.15) is 6.07 Å². The molecular weight excluding hydrogens is 212 g/mol. The third-order valence-electron chi connectivity index (χ3n) is 3.65. The predicted octanol–water partition coefficient (Wildman–Crippen LogP) is 2.50. The molecule has 0 amide bonds. The molecule has 2 rings (SSSR count). The fraction of sp³-hybridized carbons (Fsp3) is 0.571. The largest absolute Gasteiger partial charge is 0.385 e. The second-order valence-electron chi connectivity index (χ2n) is 5.10. The first-order chi connectivity index (χ1) is 7.97. The van der Waals surface area contributed by atoms with E-state index in [1.165, 1.54) is 0 Å². The molecule has 0 radical (unpaired) electrons. The van der Waals surface area contributed by atoms with Crippen molar-refractivity contribution in [1.82, 2.24) is 4.98 Å². The number of hydrogen-bond acceptors (Lipinski definition) is 3. The van der Waals surface area contributed by atoms with Gasteiger partial charge in [-0.2, -0.15) is 5.26 Å². The molecule has 1 unspecified atom stereocenters. The van der Waals surface area contributed by atoms with Crippen LogP contribution in [-0.2, 0) is 12.0 Å². The summed E-state index contributed by atoms with van der Waals surface area (Å²) < 4.78 is 0. The lowest BCUT2D eigenvalue weighted by Gasteiger charge is -2.26. The number of aromatic nitrogens is 1. The van der Waals surface area contributed by atoms with Crippen molar-refractivity contribution in [2.75, 3.05) is 0 Å². The van der Waals surface area contributed by atoms with Gasteiger partial charge in [0.2, 0.25) is 0 Å². The van der Waals surface area contributed by atoms with E-state index in [0.717, 1.165) is 48.2 Å². The van der Waals surface area contributed by atoms with Crippen molar-refractivity contribution in [1.29, 1.82) is 5.26 Å². The van der Waals surface area contributed by atoms with Gasteiger partial charge in [0.05, 0.1) is 16.9 Å². The van der Waals surface area contributed by atoms with Crippen LogP contribution in [0.25, 0.3) is 0 Å². The summed E-state index contributed by atoms with van der Waals surface area (Å²) in [5.41, 5.74) is 3.36. The summed E-state index contributed by atoms with van der Waals surface area (Å²) in [5.74, 6) is 0. The lowest BCUT2D eigenvalue weighted by atomic mass is 9.86. The van der Waals surface area contributed by atoms with E-state index in [1.54, 1.807) is 0 Å². The zero-order valence-corrected chi connectivity index (χ0v) is 10.7. The van der Waals surface area contributed by atoms with E-state index in [4.69, 9.17) is 0 Å². The van der Waals surface area contributed by atoms with Crippen LogP contribution in [0.5, 0.6) is 0 Å². The van der Waals surface area contributed by atoms with Crippen molar-refractivity contribution >= 4 is 0 Å². The maximum atomic E-state index is 10.5. The summed E-state index contributed by atoms with van der Waals surface area (Å²) in [6, 6.07) is 2.24. The number of nitriles is 1. The Labute approximate surface area is 102 Å². The van der Waals surface area contributed by atoms with Gasteiger partial charge in [-0.25, -0.2) is 0 Å². The van der Waals surface area contributed by atoms with E-state index < -0.39 is 5.60 Å². The van der Waals surface area contributed by atoms with Crippen LogP contribution in [0.4, 0.5) is 0 Å². The lowest BCUT2D eigenvalue weighted by Crippen LogP contribution is -2.24. The zero-order chi connectivity index (χ0) is 12.6. The summed E-state index contributed by atoms with van der Waals surface area (Å²) in [6.45, 7) is 5.63. The Morgan fingerprint density at radius 3 is 2.65 bits per heavy atom. The molecule has 0 saturated heterocycles. The minimum Gasteiger partial charge on any atom is -0.385 e. The highest BCUT2D eigenvalue weighted by Crippen LogP contribution is 2.37. The molecule has 3 nitrogen and oxygen atoms in total. The number of pyridine rings is 1. The van der Waals surface area contributed by atoms with Crippen molar-refractivity contribution in [3.05, 3.63) is 28.1 Å². The van der Waals surface area contributed by atoms with Crippen molar-refractivity contribution < 1.29 is 5.11 Å². The Morgan fingerprint density at radius 1 is 1.29 bits per heavy atom. The van der Waals surface area contributed by atoms with Gasteiger partial charge in [-0.3, -0.25) is 4.98 Å². The van der Waals surface area contributed by atoms with Crippen LogP contribution in [0, 0.1) is 25.2 Å². The maximum absolute atomic E-state index is 10.5. The predicted molar refractivity (Wildman–Crippen MR) is 65.6 cm³/mol. The Kier molecular flexibility index (Phi) is 2.92. The minimum atomic E-state index is -0.845. The van der Waals surface area contributed by atoms with Crippen LogP contribution in [-0.4, -0.2) is 10.1 Å². The minimum absolute atomic E-state index is 0.660. The van der Waals surface area contributed by atoms with E-state index in [1.807, 2.05) is 20.8 Å². The molecule has 0 fully saturated rings. The van der Waals surface area contributed by atoms with E-state index in [0.29, 0.717) is 5.56 Å². The first-order valence-corrected chi connectivity index (χ1v) is 6.10. The van der Waals surface area contributed by atoms with Gasteiger partial charge in [0.15, 0.2) is 0 Å². The molecule has 1 aromatic heterocycles. The molecule has 1 aromatic rings. The summed E-state index contributed by atoms with van der Waals surface area (Å²) in [5, 5.41) is 19.8. The second-order valence-corrected chi connectivity index (χ2v) is 5.10. The summed E-state index contributed by atoms with van der Waals surface area (Å²) >= 11 is 0. The molecule has 0 saturated carbocycles. The molecular formula is C14H18N2O. The summed E-state index contributed by atoms with van der Waals surface area (Å²) in [7, 11) is 0. The molecule has 1 aliphatic carbocycles. The average molecular weight is 230 g/mol. The van der Waals surface area contributed by atoms with Crippen molar-refractivity contribution in [3.63, 3.8) is 0 Å². The smallest absolute Gasteiger partial charge is 0.101 e. The Morgan fingerprint density at radius 2 is 2.00 bits per heavy atom. The molecule has 3 heteroatoms.